The minimum atomic E-state index is 0. The predicted molar refractivity (Wildman–Crippen MR) is 30.6 cm³/mol. The number of allylic oxidation sites excluding steroid dienone is 1. The van der Waals surface area contributed by atoms with Gasteiger partial charge >= 0.3 is 0 Å². The van der Waals surface area contributed by atoms with Crippen molar-refractivity contribution < 1.29 is 53.9 Å². The second-order valence-corrected chi connectivity index (χ2v) is 1.85. The fourth-order valence-corrected chi connectivity index (χ4v) is 0.662. The fourth-order valence-electron chi connectivity index (χ4n) is 0.662. The Morgan fingerprint density at radius 2 is 2.33 bits per heavy atom. The minimum absolute atomic E-state index is 0. The number of aliphatic hydroxyl groups excluding tert-OH is 1. The number of rotatable bonds is 2. The van der Waals surface area contributed by atoms with Gasteiger partial charge in [-0.2, -0.15) is 0 Å². The van der Waals surface area contributed by atoms with Crippen LogP contribution < -0.4 is 0 Å². The Bertz CT molecular complexity index is 103. The SMILES string of the molecule is C/C=C/C1OC1CO.[Ac]. The Kier molecular flexibility index (Phi) is 5.44. The fraction of sp³-hybridized carbons (Fsp3) is 0.667. The molecule has 1 saturated heterocycles. The molecule has 0 aromatic heterocycles. The maximum atomic E-state index is 8.44. The van der Waals surface area contributed by atoms with E-state index < -0.39 is 0 Å². The molecule has 1 aliphatic heterocycles. The number of aliphatic hydroxyl groups is 1. The van der Waals surface area contributed by atoms with Crippen LogP contribution in [0.3, 0.4) is 0 Å². The standard InChI is InChI=1S/C6H10O2.Ac/c1-2-3-5-6(4-7)8-5;/h2-3,5-7H,4H2,1H3;/b3-2+;. The van der Waals surface area contributed by atoms with Crippen LogP contribution in [0.1, 0.15) is 6.92 Å². The molecule has 0 aromatic rings. The zero-order valence-electron chi connectivity index (χ0n) is 5.45. The van der Waals surface area contributed by atoms with Crippen LogP contribution in [0.25, 0.3) is 0 Å². The first-order valence-electron chi connectivity index (χ1n) is 2.77. The van der Waals surface area contributed by atoms with Gasteiger partial charge in [0, 0.05) is 44.1 Å². The monoisotopic (exact) mass is 341 g/mol. The first-order valence-corrected chi connectivity index (χ1v) is 2.77. The molecule has 1 rings (SSSR count). The van der Waals surface area contributed by atoms with E-state index in [1.54, 1.807) is 0 Å². The first-order chi connectivity index (χ1) is 3.88. The Morgan fingerprint density at radius 1 is 1.67 bits per heavy atom. The summed E-state index contributed by atoms with van der Waals surface area (Å²) in [4.78, 5) is 0. The van der Waals surface area contributed by atoms with Gasteiger partial charge in [-0.1, -0.05) is 12.2 Å². The molecule has 0 aromatic carbocycles. The molecule has 1 fully saturated rings. The van der Waals surface area contributed by atoms with Crippen molar-refractivity contribution in [3.05, 3.63) is 12.2 Å². The van der Waals surface area contributed by atoms with E-state index in [9.17, 15) is 0 Å². The summed E-state index contributed by atoms with van der Waals surface area (Å²) < 4.78 is 4.97. The van der Waals surface area contributed by atoms with Gasteiger partial charge in [-0.3, -0.25) is 0 Å². The molecule has 1 radical (unpaired) electrons. The second kappa shape index (κ2) is 4.85. The van der Waals surface area contributed by atoms with Gasteiger partial charge in [-0.25, -0.2) is 0 Å². The molecule has 2 atom stereocenters. The van der Waals surface area contributed by atoms with Crippen molar-refractivity contribution in [3.8, 4) is 0 Å². The van der Waals surface area contributed by atoms with E-state index in [4.69, 9.17) is 9.84 Å². The zero-order valence-corrected chi connectivity index (χ0v) is 10.2. The molecule has 1 N–H and O–H groups in total. The normalized spacial score (nSPS) is 32.2. The average molecular weight is 341 g/mol. The predicted octanol–water partition coefficient (Wildman–Crippen LogP) is 0.322. The van der Waals surface area contributed by atoms with Crippen molar-refractivity contribution >= 4 is 0 Å². The minimum Gasteiger partial charge on any atom is -0.394 e. The molecule has 49 valence electrons. The Labute approximate surface area is 90.8 Å². The van der Waals surface area contributed by atoms with E-state index in [2.05, 4.69) is 0 Å². The van der Waals surface area contributed by atoms with E-state index >= 15 is 0 Å². The van der Waals surface area contributed by atoms with Gasteiger partial charge in [0.2, 0.25) is 0 Å². The summed E-state index contributed by atoms with van der Waals surface area (Å²) in [5.74, 6) is 0. The Morgan fingerprint density at radius 3 is 2.67 bits per heavy atom. The van der Waals surface area contributed by atoms with Crippen LogP contribution in [0.4, 0.5) is 0 Å². The van der Waals surface area contributed by atoms with Gasteiger partial charge in [0.25, 0.3) is 0 Å². The van der Waals surface area contributed by atoms with Crippen LogP contribution in [0.2, 0.25) is 0 Å². The van der Waals surface area contributed by atoms with E-state index in [1.807, 2.05) is 19.1 Å². The zero-order chi connectivity index (χ0) is 5.98. The summed E-state index contributed by atoms with van der Waals surface area (Å²) in [6.45, 7) is 2.09. The molecule has 0 amide bonds. The van der Waals surface area contributed by atoms with E-state index in [0.29, 0.717) is 0 Å². The van der Waals surface area contributed by atoms with Gasteiger partial charge in [0.05, 0.1) is 6.61 Å². The Balaban J connectivity index is 0.000000640. The van der Waals surface area contributed by atoms with Crippen molar-refractivity contribution in [2.75, 3.05) is 6.61 Å². The first kappa shape index (κ1) is 10.1. The molecule has 9 heavy (non-hydrogen) atoms. The molecule has 1 heterocycles. The summed E-state index contributed by atoms with van der Waals surface area (Å²) in [7, 11) is 0. The van der Waals surface area contributed by atoms with Crippen molar-refractivity contribution in [2.24, 2.45) is 0 Å². The van der Waals surface area contributed by atoms with E-state index in [0.717, 1.165) is 0 Å². The molecular weight excluding hydrogens is 331 g/mol. The van der Waals surface area contributed by atoms with Crippen molar-refractivity contribution in [1.82, 2.24) is 0 Å². The average Bonchev–Trinajstić information content (AvgIpc) is 2.48. The Hall–Kier alpha value is 1.10. The summed E-state index contributed by atoms with van der Waals surface area (Å²) in [6.07, 6.45) is 4.16. The molecule has 0 bridgehead atoms. The van der Waals surface area contributed by atoms with Crippen LogP contribution >= 0.6 is 0 Å². The summed E-state index contributed by atoms with van der Waals surface area (Å²) >= 11 is 0. The smallest absolute Gasteiger partial charge is 0.111 e. The molecular formula is C6H10AcO2. The third-order valence-corrected chi connectivity index (χ3v) is 1.18. The van der Waals surface area contributed by atoms with Gasteiger partial charge in [-0.15, -0.1) is 0 Å². The quantitative estimate of drug-likeness (QED) is 0.580. The van der Waals surface area contributed by atoms with Crippen LogP contribution in [0.5, 0.6) is 0 Å². The van der Waals surface area contributed by atoms with E-state index in [1.165, 1.54) is 0 Å². The van der Waals surface area contributed by atoms with Crippen LogP contribution in [0.15, 0.2) is 12.2 Å². The maximum Gasteiger partial charge on any atom is 0.111 e. The molecule has 3 heteroatoms. The third-order valence-electron chi connectivity index (χ3n) is 1.18. The van der Waals surface area contributed by atoms with Crippen LogP contribution in [-0.4, -0.2) is 23.9 Å². The van der Waals surface area contributed by atoms with Crippen LogP contribution in [-0.2, 0) is 4.74 Å². The van der Waals surface area contributed by atoms with E-state index in [-0.39, 0.29) is 62.9 Å². The summed E-state index contributed by atoms with van der Waals surface area (Å²) in [6, 6.07) is 0. The molecule has 0 saturated carbocycles. The van der Waals surface area contributed by atoms with Gasteiger partial charge in [0.1, 0.15) is 12.2 Å². The number of ether oxygens (including phenoxy) is 1. The molecule has 0 aliphatic carbocycles. The number of epoxide rings is 1. The topological polar surface area (TPSA) is 32.8 Å². The summed E-state index contributed by atoms with van der Waals surface area (Å²) in [5, 5.41) is 8.44. The van der Waals surface area contributed by atoms with Gasteiger partial charge in [0.15, 0.2) is 0 Å². The van der Waals surface area contributed by atoms with Crippen molar-refractivity contribution in [2.45, 2.75) is 19.1 Å². The van der Waals surface area contributed by atoms with Crippen molar-refractivity contribution in [3.63, 3.8) is 0 Å². The van der Waals surface area contributed by atoms with Gasteiger partial charge in [-0.05, 0) is 6.92 Å². The third kappa shape index (κ3) is 3.13. The number of hydrogen-bond donors (Lipinski definition) is 1. The van der Waals surface area contributed by atoms with Gasteiger partial charge < -0.3 is 9.84 Å². The molecule has 0 spiro atoms. The van der Waals surface area contributed by atoms with Crippen LogP contribution in [0, 0.1) is 44.1 Å². The largest absolute Gasteiger partial charge is 0.394 e. The molecule has 2 nitrogen and oxygen atoms in total. The summed E-state index contributed by atoms with van der Waals surface area (Å²) in [5.41, 5.74) is 0. The molecule has 2 unspecified atom stereocenters. The maximum absolute atomic E-state index is 8.44. The second-order valence-electron chi connectivity index (χ2n) is 1.85. The number of hydrogen-bond acceptors (Lipinski definition) is 2. The molecule has 1 aliphatic rings. The van der Waals surface area contributed by atoms with Crippen molar-refractivity contribution in [1.29, 1.82) is 0 Å².